The predicted octanol–water partition coefficient (Wildman–Crippen LogP) is 1.29. The van der Waals surface area contributed by atoms with Gasteiger partial charge in [-0.1, -0.05) is 6.07 Å². The minimum atomic E-state index is -0.207. The van der Waals surface area contributed by atoms with Crippen molar-refractivity contribution in [2.45, 2.75) is 0 Å². The molecule has 0 aliphatic carbocycles. The Morgan fingerprint density at radius 3 is 2.73 bits per heavy atom. The maximum atomic E-state index is 11.9. The minimum absolute atomic E-state index is 0.207. The van der Waals surface area contributed by atoms with Crippen molar-refractivity contribution in [2.24, 2.45) is 0 Å². The Labute approximate surface area is 86.8 Å². The molecule has 2 heterocycles. The summed E-state index contributed by atoms with van der Waals surface area (Å²) in [6, 6.07) is 6.75. The molecule has 74 valence electrons. The van der Waals surface area contributed by atoms with Crippen LogP contribution in [0.25, 0.3) is 0 Å². The summed E-state index contributed by atoms with van der Waals surface area (Å²) < 4.78 is 0. The molecule has 0 atom stereocenters. The highest BCUT2D eigenvalue weighted by Crippen LogP contribution is 2.13. The molecule has 0 saturated carbocycles. The number of ketones is 1. The Bertz CT molecular complexity index is 482. The fraction of sp³-hybridized carbons (Fsp3) is 0. The van der Waals surface area contributed by atoms with Gasteiger partial charge in [-0.3, -0.25) is 14.8 Å². The number of hydrogen-bond acceptors (Lipinski definition) is 4. The highest BCUT2D eigenvalue weighted by atomic mass is 16.1. The molecule has 2 rings (SSSR count). The van der Waals surface area contributed by atoms with Crippen LogP contribution in [-0.4, -0.2) is 15.8 Å². The van der Waals surface area contributed by atoms with Crippen LogP contribution in [0.1, 0.15) is 16.1 Å². The van der Waals surface area contributed by atoms with Gasteiger partial charge >= 0.3 is 0 Å². The summed E-state index contributed by atoms with van der Waals surface area (Å²) in [6.07, 6.45) is 4.57. The molecule has 0 saturated heterocycles. The summed E-state index contributed by atoms with van der Waals surface area (Å²) in [4.78, 5) is 19.7. The van der Waals surface area contributed by atoms with Crippen LogP contribution in [0.15, 0.2) is 42.9 Å². The van der Waals surface area contributed by atoms with Crippen LogP contribution < -0.4 is 5.73 Å². The number of pyridine rings is 2. The first-order chi connectivity index (χ1) is 7.29. The van der Waals surface area contributed by atoms with Crippen molar-refractivity contribution in [2.75, 3.05) is 5.73 Å². The first-order valence-electron chi connectivity index (χ1n) is 4.44. The highest BCUT2D eigenvalue weighted by Gasteiger charge is 2.12. The number of rotatable bonds is 2. The number of anilines is 1. The van der Waals surface area contributed by atoms with Gasteiger partial charge in [-0.2, -0.15) is 0 Å². The van der Waals surface area contributed by atoms with E-state index in [1.165, 1.54) is 6.20 Å². The van der Waals surface area contributed by atoms with E-state index in [1.54, 1.807) is 36.7 Å². The minimum Gasteiger partial charge on any atom is -0.398 e. The van der Waals surface area contributed by atoms with Gasteiger partial charge in [-0.05, 0) is 18.2 Å². The van der Waals surface area contributed by atoms with E-state index in [4.69, 9.17) is 5.73 Å². The van der Waals surface area contributed by atoms with Crippen molar-refractivity contribution in [1.29, 1.82) is 0 Å². The van der Waals surface area contributed by atoms with Crippen molar-refractivity contribution in [3.05, 3.63) is 54.1 Å². The van der Waals surface area contributed by atoms with Gasteiger partial charge in [0.15, 0.2) is 0 Å². The molecule has 0 fully saturated rings. The van der Waals surface area contributed by atoms with E-state index < -0.39 is 0 Å². The van der Waals surface area contributed by atoms with Gasteiger partial charge in [0.05, 0.1) is 5.56 Å². The second-order valence-electron chi connectivity index (χ2n) is 3.01. The molecule has 0 aliphatic heterocycles. The van der Waals surface area contributed by atoms with Gasteiger partial charge in [0.2, 0.25) is 5.78 Å². The van der Waals surface area contributed by atoms with Crippen molar-refractivity contribution in [3.8, 4) is 0 Å². The lowest BCUT2D eigenvalue weighted by Gasteiger charge is -2.02. The van der Waals surface area contributed by atoms with Crippen LogP contribution >= 0.6 is 0 Å². The Morgan fingerprint density at radius 1 is 1.20 bits per heavy atom. The van der Waals surface area contributed by atoms with E-state index in [1.807, 2.05) is 0 Å². The lowest BCUT2D eigenvalue weighted by molar-refractivity contribution is 0.103. The first-order valence-corrected chi connectivity index (χ1v) is 4.44. The van der Waals surface area contributed by atoms with Crippen LogP contribution in [-0.2, 0) is 0 Å². The Hall–Kier alpha value is -2.23. The van der Waals surface area contributed by atoms with Gasteiger partial charge in [0.25, 0.3) is 0 Å². The molecular weight excluding hydrogens is 190 g/mol. The van der Waals surface area contributed by atoms with E-state index >= 15 is 0 Å². The van der Waals surface area contributed by atoms with E-state index in [9.17, 15) is 4.79 Å². The molecule has 0 aromatic carbocycles. The molecule has 2 aromatic heterocycles. The normalized spacial score (nSPS) is 9.87. The molecule has 4 nitrogen and oxygen atoms in total. The Balaban J connectivity index is 2.42. The summed E-state index contributed by atoms with van der Waals surface area (Å²) in [5.74, 6) is -0.207. The van der Waals surface area contributed by atoms with Gasteiger partial charge in [-0.15, -0.1) is 0 Å². The zero-order chi connectivity index (χ0) is 10.7. The molecule has 2 aromatic rings. The quantitative estimate of drug-likeness (QED) is 0.740. The molecule has 4 heteroatoms. The van der Waals surface area contributed by atoms with Crippen molar-refractivity contribution in [1.82, 2.24) is 9.97 Å². The zero-order valence-corrected chi connectivity index (χ0v) is 7.92. The van der Waals surface area contributed by atoms with Gasteiger partial charge in [-0.25, -0.2) is 0 Å². The average Bonchev–Trinajstić information content (AvgIpc) is 2.30. The van der Waals surface area contributed by atoms with E-state index in [-0.39, 0.29) is 5.78 Å². The topological polar surface area (TPSA) is 68.9 Å². The Kier molecular flexibility index (Phi) is 2.41. The molecule has 0 aliphatic rings. The summed E-state index contributed by atoms with van der Waals surface area (Å²) in [5, 5.41) is 0. The molecule has 0 spiro atoms. The fourth-order valence-electron chi connectivity index (χ4n) is 1.23. The maximum Gasteiger partial charge on any atom is 0.214 e. The van der Waals surface area contributed by atoms with Crippen molar-refractivity contribution >= 4 is 11.5 Å². The Morgan fingerprint density at radius 2 is 2.07 bits per heavy atom. The van der Waals surface area contributed by atoms with Crippen LogP contribution in [0.4, 0.5) is 5.69 Å². The number of nitrogens with zero attached hydrogens (tertiary/aromatic N) is 2. The molecule has 0 unspecified atom stereocenters. The number of hydrogen-bond donors (Lipinski definition) is 1. The lowest BCUT2D eigenvalue weighted by Crippen LogP contribution is -2.07. The highest BCUT2D eigenvalue weighted by molar-refractivity contribution is 6.10. The van der Waals surface area contributed by atoms with E-state index in [0.29, 0.717) is 16.9 Å². The lowest BCUT2D eigenvalue weighted by atomic mass is 10.1. The average molecular weight is 199 g/mol. The van der Waals surface area contributed by atoms with E-state index in [0.717, 1.165) is 0 Å². The van der Waals surface area contributed by atoms with Gasteiger partial charge < -0.3 is 5.73 Å². The monoisotopic (exact) mass is 199 g/mol. The SMILES string of the molecule is Nc1ccncc1C(=O)c1ccccn1. The summed E-state index contributed by atoms with van der Waals surface area (Å²) in [5.41, 5.74) is 6.85. The molecular formula is C11H9N3O. The standard InChI is InChI=1S/C11H9N3O/c12-9-4-6-13-7-8(9)11(15)10-3-1-2-5-14-10/h1-7H,(H2,12,13). The zero-order valence-electron chi connectivity index (χ0n) is 7.92. The summed E-state index contributed by atoms with van der Waals surface area (Å²) >= 11 is 0. The molecule has 0 amide bonds. The predicted molar refractivity (Wildman–Crippen MR) is 56.3 cm³/mol. The second-order valence-corrected chi connectivity index (χ2v) is 3.01. The van der Waals surface area contributed by atoms with Crippen LogP contribution in [0.2, 0.25) is 0 Å². The third kappa shape index (κ3) is 1.83. The number of aromatic nitrogens is 2. The molecule has 2 N–H and O–H groups in total. The van der Waals surface area contributed by atoms with Crippen LogP contribution in [0.5, 0.6) is 0 Å². The second kappa shape index (κ2) is 3.88. The molecule has 0 radical (unpaired) electrons. The molecule has 15 heavy (non-hydrogen) atoms. The number of carbonyl (C=O) groups excluding carboxylic acids is 1. The number of carbonyl (C=O) groups is 1. The number of nitrogens with two attached hydrogens (primary N) is 1. The summed E-state index contributed by atoms with van der Waals surface area (Å²) in [7, 11) is 0. The smallest absolute Gasteiger partial charge is 0.214 e. The third-order valence-electron chi connectivity index (χ3n) is 2.00. The summed E-state index contributed by atoms with van der Waals surface area (Å²) in [6.45, 7) is 0. The van der Waals surface area contributed by atoms with Crippen molar-refractivity contribution < 1.29 is 4.79 Å². The third-order valence-corrected chi connectivity index (χ3v) is 2.00. The number of nitrogen functional groups attached to an aromatic ring is 1. The fourth-order valence-corrected chi connectivity index (χ4v) is 1.23. The van der Waals surface area contributed by atoms with Crippen LogP contribution in [0.3, 0.4) is 0 Å². The van der Waals surface area contributed by atoms with Gasteiger partial charge in [0, 0.05) is 24.3 Å². The van der Waals surface area contributed by atoms with E-state index in [2.05, 4.69) is 9.97 Å². The largest absolute Gasteiger partial charge is 0.398 e. The maximum absolute atomic E-state index is 11.9. The van der Waals surface area contributed by atoms with Crippen molar-refractivity contribution in [3.63, 3.8) is 0 Å². The molecule has 0 bridgehead atoms. The first kappa shape index (κ1) is 9.33. The van der Waals surface area contributed by atoms with Gasteiger partial charge in [0.1, 0.15) is 5.69 Å². The van der Waals surface area contributed by atoms with Crippen LogP contribution in [0, 0.1) is 0 Å².